The van der Waals surface area contributed by atoms with Gasteiger partial charge in [-0.2, -0.15) is 0 Å². The van der Waals surface area contributed by atoms with Crippen LogP contribution in [0.1, 0.15) is 21.6 Å². The summed E-state index contributed by atoms with van der Waals surface area (Å²) in [5.74, 6) is -0.667. The number of benzene rings is 1. The maximum atomic E-state index is 14.4. The number of anilines is 2. The lowest BCUT2D eigenvalue weighted by atomic mass is 10.2. The second kappa shape index (κ2) is 6.51. The average molecular weight is 342 g/mol. The van der Waals surface area contributed by atoms with Crippen LogP contribution in [-0.2, 0) is 0 Å². The van der Waals surface area contributed by atoms with Gasteiger partial charge < -0.3 is 5.32 Å². The second-order valence-corrected chi connectivity index (χ2v) is 5.93. The van der Waals surface area contributed by atoms with E-state index < -0.39 is 5.82 Å². The van der Waals surface area contributed by atoms with Gasteiger partial charge in [0.2, 0.25) is 0 Å². The molecule has 3 amide bonds. The number of nitrogens with zero attached hydrogens (tertiary/aromatic N) is 3. The number of pyridine rings is 1. The fourth-order valence-electron chi connectivity index (χ4n) is 2.91. The summed E-state index contributed by atoms with van der Waals surface area (Å²) in [5.41, 5.74) is 2.16. The van der Waals surface area contributed by atoms with Crippen molar-refractivity contribution in [3.05, 3.63) is 53.0 Å². The average Bonchev–Trinajstić information content (AvgIpc) is 2.99. The fraction of sp³-hybridized carbons (Fsp3) is 0.278. The molecule has 3 rings (SSSR count). The molecular formula is C18H19FN4O2. The highest BCUT2D eigenvalue weighted by molar-refractivity contribution is 6.06. The molecule has 7 heteroatoms. The first kappa shape index (κ1) is 16.9. The van der Waals surface area contributed by atoms with Crippen LogP contribution in [0.25, 0.3) is 0 Å². The number of rotatable bonds is 3. The zero-order valence-electron chi connectivity index (χ0n) is 14.3. The first-order valence-electron chi connectivity index (χ1n) is 7.97. The normalized spacial score (nSPS) is 14.2. The van der Waals surface area contributed by atoms with Crippen LogP contribution in [0.4, 0.5) is 20.7 Å². The van der Waals surface area contributed by atoms with E-state index in [1.807, 2.05) is 0 Å². The van der Waals surface area contributed by atoms with Gasteiger partial charge in [0.1, 0.15) is 0 Å². The summed E-state index contributed by atoms with van der Waals surface area (Å²) in [6.07, 6.45) is 0. The number of nitrogens with one attached hydrogen (secondary N) is 1. The van der Waals surface area contributed by atoms with Gasteiger partial charge in [-0.1, -0.05) is 6.07 Å². The van der Waals surface area contributed by atoms with Crippen LogP contribution in [-0.4, -0.2) is 37.1 Å². The minimum absolute atomic E-state index is 0.0486. The fourth-order valence-corrected chi connectivity index (χ4v) is 2.91. The van der Waals surface area contributed by atoms with Gasteiger partial charge in [0.25, 0.3) is 5.91 Å². The summed E-state index contributed by atoms with van der Waals surface area (Å²) in [5, 5.41) is 2.55. The Morgan fingerprint density at radius 3 is 2.64 bits per heavy atom. The van der Waals surface area contributed by atoms with Crippen molar-refractivity contribution < 1.29 is 14.0 Å². The second-order valence-electron chi connectivity index (χ2n) is 5.93. The predicted octanol–water partition coefficient (Wildman–Crippen LogP) is 2.64. The molecule has 1 aromatic carbocycles. The van der Waals surface area contributed by atoms with Crippen molar-refractivity contribution in [3.8, 4) is 0 Å². The van der Waals surface area contributed by atoms with Crippen molar-refractivity contribution >= 4 is 23.4 Å². The molecule has 1 fully saturated rings. The maximum Gasteiger partial charge on any atom is 0.330 e. The summed E-state index contributed by atoms with van der Waals surface area (Å²) in [6.45, 7) is 4.14. The molecule has 0 atom stereocenters. The van der Waals surface area contributed by atoms with Gasteiger partial charge >= 0.3 is 6.03 Å². The van der Waals surface area contributed by atoms with E-state index >= 15 is 0 Å². The summed E-state index contributed by atoms with van der Waals surface area (Å²) in [4.78, 5) is 31.6. The molecule has 1 aliphatic heterocycles. The van der Waals surface area contributed by atoms with Crippen molar-refractivity contribution in [3.63, 3.8) is 0 Å². The van der Waals surface area contributed by atoms with E-state index in [0.717, 1.165) is 0 Å². The molecule has 1 aliphatic rings. The summed E-state index contributed by atoms with van der Waals surface area (Å²) >= 11 is 0. The summed E-state index contributed by atoms with van der Waals surface area (Å²) in [7, 11) is 1.55. The first-order valence-corrected chi connectivity index (χ1v) is 7.97. The van der Waals surface area contributed by atoms with E-state index in [9.17, 15) is 14.0 Å². The van der Waals surface area contributed by atoms with Gasteiger partial charge in [0, 0.05) is 37.1 Å². The number of carbonyl (C=O) groups excluding carboxylic acids is 2. The Balaban J connectivity index is 1.92. The Morgan fingerprint density at radius 2 is 1.92 bits per heavy atom. The molecule has 1 N–H and O–H groups in total. The van der Waals surface area contributed by atoms with Crippen molar-refractivity contribution in [2.24, 2.45) is 0 Å². The molecule has 0 unspecified atom stereocenters. The van der Waals surface area contributed by atoms with E-state index in [-0.39, 0.29) is 17.8 Å². The van der Waals surface area contributed by atoms with Crippen LogP contribution in [0.15, 0.2) is 30.3 Å². The predicted molar refractivity (Wildman–Crippen MR) is 93.6 cm³/mol. The van der Waals surface area contributed by atoms with Crippen molar-refractivity contribution in [2.45, 2.75) is 13.8 Å². The minimum atomic E-state index is -0.486. The minimum Gasteiger partial charge on any atom is -0.355 e. The van der Waals surface area contributed by atoms with Gasteiger partial charge in [0.15, 0.2) is 11.6 Å². The number of aryl methyl sites for hydroxylation is 2. The molecule has 0 bridgehead atoms. The van der Waals surface area contributed by atoms with Crippen LogP contribution in [0.3, 0.4) is 0 Å². The molecule has 130 valence electrons. The Labute approximate surface area is 145 Å². The smallest absolute Gasteiger partial charge is 0.330 e. The molecule has 2 aromatic rings. The Hall–Kier alpha value is -2.96. The lowest BCUT2D eigenvalue weighted by molar-refractivity contribution is 0.0963. The topological polar surface area (TPSA) is 65.5 Å². The lowest BCUT2D eigenvalue weighted by Gasteiger charge is -2.19. The number of urea groups is 1. The molecule has 2 heterocycles. The van der Waals surface area contributed by atoms with Crippen molar-refractivity contribution in [1.82, 2.24) is 10.3 Å². The molecule has 25 heavy (non-hydrogen) atoms. The molecule has 1 saturated heterocycles. The number of carbonyl (C=O) groups is 2. The summed E-state index contributed by atoms with van der Waals surface area (Å²) in [6, 6.07) is 8.07. The Kier molecular flexibility index (Phi) is 4.39. The number of amides is 3. The van der Waals surface area contributed by atoms with Gasteiger partial charge in [-0.3, -0.25) is 14.6 Å². The maximum absolute atomic E-state index is 14.4. The van der Waals surface area contributed by atoms with E-state index in [2.05, 4.69) is 10.3 Å². The number of hydrogen-bond donors (Lipinski definition) is 1. The zero-order chi connectivity index (χ0) is 18.1. The zero-order valence-corrected chi connectivity index (χ0v) is 14.3. The first-order chi connectivity index (χ1) is 11.9. The third-order valence-electron chi connectivity index (χ3n) is 4.16. The van der Waals surface area contributed by atoms with Gasteiger partial charge in [-0.15, -0.1) is 0 Å². The molecule has 6 nitrogen and oxygen atoms in total. The SMILES string of the molecule is CNC(=O)c1cccc(N2CCN(c3nc(C)cc(C)c3F)C2=O)c1. The molecule has 0 saturated carbocycles. The Morgan fingerprint density at radius 1 is 1.20 bits per heavy atom. The molecule has 0 radical (unpaired) electrons. The number of halogens is 1. The third-order valence-corrected chi connectivity index (χ3v) is 4.16. The van der Waals surface area contributed by atoms with Crippen LogP contribution in [0.5, 0.6) is 0 Å². The van der Waals surface area contributed by atoms with Crippen molar-refractivity contribution in [1.29, 1.82) is 0 Å². The van der Waals surface area contributed by atoms with Gasteiger partial charge in [-0.25, -0.2) is 14.2 Å². The Bertz CT molecular complexity index is 853. The van der Waals surface area contributed by atoms with Crippen molar-refractivity contribution in [2.75, 3.05) is 29.9 Å². The van der Waals surface area contributed by atoms with Crippen LogP contribution < -0.4 is 15.1 Å². The van der Waals surface area contributed by atoms with Crippen LogP contribution >= 0.6 is 0 Å². The quantitative estimate of drug-likeness (QED) is 0.932. The van der Waals surface area contributed by atoms with E-state index in [1.54, 1.807) is 51.2 Å². The summed E-state index contributed by atoms with van der Waals surface area (Å²) < 4.78 is 14.4. The van der Waals surface area contributed by atoms with E-state index in [1.165, 1.54) is 9.80 Å². The van der Waals surface area contributed by atoms with Gasteiger partial charge in [-0.05, 0) is 43.7 Å². The standard InChI is InChI=1S/C18H19FN4O2/c1-11-9-12(2)21-16(15(11)19)23-8-7-22(18(23)25)14-6-4-5-13(10-14)17(24)20-3/h4-6,9-10H,7-8H2,1-3H3,(H,20,24). The highest BCUT2D eigenvalue weighted by Crippen LogP contribution is 2.27. The van der Waals surface area contributed by atoms with E-state index in [0.29, 0.717) is 35.6 Å². The largest absolute Gasteiger partial charge is 0.355 e. The molecule has 0 spiro atoms. The third kappa shape index (κ3) is 3.05. The molecular weight excluding hydrogens is 323 g/mol. The molecule has 0 aliphatic carbocycles. The lowest BCUT2D eigenvalue weighted by Crippen LogP contribution is -2.33. The number of aromatic nitrogens is 1. The van der Waals surface area contributed by atoms with Crippen LogP contribution in [0, 0.1) is 19.7 Å². The highest BCUT2D eigenvalue weighted by atomic mass is 19.1. The number of hydrogen-bond acceptors (Lipinski definition) is 3. The molecule has 1 aromatic heterocycles. The monoisotopic (exact) mass is 342 g/mol. The highest BCUT2D eigenvalue weighted by Gasteiger charge is 2.33. The van der Waals surface area contributed by atoms with E-state index in [4.69, 9.17) is 0 Å². The van der Waals surface area contributed by atoms with Crippen LogP contribution in [0.2, 0.25) is 0 Å². The van der Waals surface area contributed by atoms with Gasteiger partial charge in [0.05, 0.1) is 0 Å².